The highest BCUT2D eigenvalue weighted by Gasteiger charge is 2.42. The Morgan fingerprint density at radius 3 is 2.46 bits per heavy atom. The summed E-state index contributed by atoms with van der Waals surface area (Å²) in [5.41, 5.74) is 1.08. The van der Waals surface area contributed by atoms with E-state index in [1.165, 1.54) is 0 Å². The predicted octanol–water partition coefficient (Wildman–Crippen LogP) is 3.87. The lowest BCUT2D eigenvalue weighted by Gasteiger charge is -2.39. The summed E-state index contributed by atoms with van der Waals surface area (Å²) < 4.78 is 12.2. The standard InChI is InChI=1S/C19H31NO3Si/c1-14(23-24(5,6)19(2,3)4)16-12-17(18(21)20-16)22-13-15-10-8-7-9-11-15/h7-11,14,16-17H,12-13H2,1-6H3,(H,20,21). The molecule has 1 fully saturated rings. The van der Waals surface area contributed by atoms with Gasteiger partial charge in [0, 0.05) is 6.42 Å². The molecule has 1 amide bonds. The molecule has 1 N–H and O–H groups in total. The van der Waals surface area contributed by atoms with Gasteiger partial charge < -0.3 is 14.5 Å². The van der Waals surface area contributed by atoms with Crippen LogP contribution < -0.4 is 5.32 Å². The van der Waals surface area contributed by atoms with Crippen LogP contribution in [-0.4, -0.2) is 32.5 Å². The van der Waals surface area contributed by atoms with E-state index < -0.39 is 8.32 Å². The molecule has 1 aliphatic heterocycles. The van der Waals surface area contributed by atoms with Gasteiger partial charge >= 0.3 is 0 Å². The van der Waals surface area contributed by atoms with Gasteiger partial charge in [0.2, 0.25) is 5.91 Å². The van der Waals surface area contributed by atoms with Crippen LogP contribution in [0.2, 0.25) is 18.1 Å². The molecule has 1 aromatic rings. The van der Waals surface area contributed by atoms with E-state index in [1.807, 2.05) is 30.3 Å². The van der Waals surface area contributed by atoms with E-state index >= 15 is 0 Å². The maximum Gasteiger partial charge on any atom is 0.249 e. The fraction of sp³-hybridized carbons (Fsp3) is 0.632. The average Bonchev–Trinajstić information content (AvgIpc) is 2.86. The third-order valence-corrected chi connectivity index (χ3v) is 9.81. The maximum absolute atomic E-state index is 12.2. The van der Waals surface area contributed by atoms with Crippen LogP contribution in [-0.2, 0) is 20.6 Å². The zero-order chi connectivity index (χ0) is 18.0. The summed E-state index contributed by atoms with van der Waals surface area (Å²) in [4.78, 5) is 12.2. The van der Waals surface area contributed by atoms with Crippen LogP contribution in [0.3, 0.4) is 0 Å². The largest absolute Gasteiger partial charge is 0.412 e. The van der Waals surface area contributed by atoms with E-state index in [-0.39, 0.29) is 29.2 Å². The van der Waals surface area contributed by atoms with Crippen molar-refractivity contribution in [3.63, 3.8) is 0 Å². The molecule has 0 aliphatic carbocycles. The number of benzene rings is 1. The first-order valence-electron chi connectivity index (χ1n) is 8.74. The Morgan fingerprint density at radius 2 is 1.88 bits per heavy atom. The zero-order valence-corrected chi connectivity index (χ0v) is 16.8. The molecule has 0 radical (unpaired) electrons. The lowest BCUT2D eigenvalue weighted by atomic mass is 10.1. The third-order valence-electron chi connectivity index (χ3n) is 5.24. The van der Waals surface area contributed by atoms with Crippen molar-refractivity contribution >= 4 is 14.2 Å². The minimum Gasteiger partial charge on any atom is -0.412 e. The summed E-state index contributed by atoms with van der Waals surface area (Å²) in [7, 11) is -1.84. The predicted molar refractivity (Wildman–Crippen MR) is 99.3 cm³/mol. The molecule has 134 valence electrons. The Kier molecular flexibility index (Phi) is 5.89. The van der Waals surface area contributed by atoms with Gasteiger partial charge in [-0.2, -0.15) is 0 Å². The highest BCUT2D eigenvalue weighted by atomic mass is 28.4. The molecule has 0 aromatic heterocycles. The average molecular weight is 350 g/mol. The highest BCUT2D eigenvalue weighted by molar-refractivity contribution is 6.74. The molecule has 4 nitrogen and oxygen atoms in total. The monoisotopic (exact) mass is 349 g/mol. The molecule has 0 bridgehead atoms. The first kappa shape index (κ1) is 19.2. The summed E-state index contributed by atoms with van der Waals surface area (Å²) in [5.74, 6) is -0.0263. The molecular weight excluding hydrogens is 318 g/mol. The van der Waals surface area contributed by atoms with Crippen molar-refractivity contribution in [2.45, 2.75) is 77.1 Å². The first-order chi connectivity index (χ1) is 11.1. The van der Waals surface area contributed by atoms with Crippen molar-refractivity contribution in [1.82, 2.24) is 5.32 Å². The SMILES string of the molecule is CC(O[Si](C)(C)C(C)(C)C)C1CC(OCc2ccccc2)C(=O)N1. The van der Waals surface area contributed by atoms with Gasteiger partial charge in [0.25, 0.3) is 0 Å². The highest BCUT2D eigenvalue weighted by Crippen LogP contribution is 2.38. The fourth-order valence-corrected chi connectivity index (χ4v) is 4.07. The minimum atomic E-state index is -1.84. The van der Waals surface area contributed by atoms with Crippen LogP contribution in [0.25, 0.3) is 0 Å². The number of nitrogens with one attached hydrogen (secondary N) is 1. The Hall–Kier alpha value is -1.17. The number of carbonyl (C=O) groups excluding carboxylic acids is 1. The van der Waals surface area contributed by atoms with Gasteiger partial charge in [0.1, 0.15) is 6.10 Å². The molecule has 3 unspecified atom stereocenters. The van der Waals surface area contributed by atoms with Crippen LogP contribution >= 0.6 is 0 Å². The maximum atomic E-state index is 12.2. The van der Waals surface area contributed by atoms with Gasteiger partial charge in [-0.1, -0.05) is 51.1 Å². The van der Waals surface area contributed by atoms with Gasteiger partial charge in [-0.25, -0.2) is 0 Å². The van der Waals surface area contributed by atoms with Crippen molar-refractivity contribution in [3.05, 3.63) is 35.9 Å². The number of ether oxygens (including phenoxy) is 1. The van der Waals surface area contributed by atoms with Crippen LogP contribution in [0.5, 0.6) is 0 Å². The molecule has 1 aliphatic rings. The molecular formula is C19H31NO3Si. The van der Waals surface area contributed by atoms with Crippen molar-refractivity contribution in [1.29, 1.82) is 0 Å². The summed E-state index contributed by atoms with van der Waals surface area (Å²) >= 11 is 0. The summed E-state index contributed by atoms with van der Waals surface area (Å²) in [5, 5.41) is 3.21. The van der Waals surface area contributed by atoms with Crippen molar-refractivity contribution < 1.29 is 14.0 Å². The smallest absolute Gasteiger partial charge is 0.249 e. The molecule has 1 heterocycles. The number of hydrogen-bond donors (Lipinski definition) is 1. The number of hydrogen-bond acceptors (Lipinski definition) is 3. The van der Waals surface area contributed by atoms with E-state index in [4.69, 9.17) is 9.16 Å². The van der Waals surface area contributed by atoms with E-state index in [2.05, 4.69) is 46.1 Å². The molecule has 24 heavy (non-hydrogen) atoms. The lowest BCUT2D eigenvalue weighted by molar-refractivity contribution is -0.129. The molecule has 1 aromatic carbocycles. The van der Waals surface area contributed by atoms with E-state index in [9.17, 15) is 4.79 Å². The second kappa shape index (κ2) is 7.38. The quantitative estimate of drug-likeness (QED) is 0.793. The van der Waals surface area contributed by atoms with Crippen molar-refractivity contribution in [3.8, 4) is 0 Å². The normalized spacial score (nSPS) is 23.2. The number of carbonyl (C=O) groups is 1. The Morgan fingerprint density at radius 1 is 1.25 bits per heavy atom. The fourth-order valence-electron chi connectivity index (χ4n) is 2.62. The second-order valence-electron chi connectivity index (χ2n) is 8.22. The van der Waals surface area contributed by atoms with Crippen LogP contribution in [0.15, 0.2) is 30.3 Å². The van der Waals surface area contributed by atoms with Crippen molar-refractivity contribution in [2.24, 2.45) is 0 Å². The summed E-state index contributed by atoms with van der Waals surface area (Å²) in [6.07, 6.45) is 0.280. The Labute approximate surface area is 147 Å². The summed E-state index contributed by atoms with van der Waals surface area (Å²) in [6.45, 7) is 13.7. The van der Waals surface area contributed by atoms with Crippen LogP contribution in [0.1, 0.15) is 39.7 Å². The summed E-state index contributed by atoms with van der Waals surface area (Å²) in [6, 6.07) is 9.96. The van der Waals surface area contributed by atoms with E-state index in [1.54, 1.807) is 0 Å². The number of amides is 1. The van der Waals surface area contributed by atoms with Gasteiger partial charge in [0.15, 0.2) is 8.32 Å². The minimum absolute atomic E-state index is 0.000155. The Bertz CT molecular complexity index is 553. The molecule has 5 heteroatoms. The third kappa shape index (κ3) is 4.68. The van der Waals surface area contributed by atoms with Gasteiger partial charge in [-0.15, -0.1) is 0 Å². The van der Waals surface area contributed by atoms with Gasteiger partial charge in [-0.3, -0.25) is 4.79 Å². The van der Waals surface area contributed by atoms with Crippen LogP contribution in [0, 0.1) is 0 Å². The zero-order valence-electron chi connectivity index (χ0n) is 15.8. The molecule has 2 rings (SSSR count). The molecule has 0 spiro atoms. The van der Waals surface area contributed by atoms with E-state index in [0.717, 1.165) is 5.56 Å². The lowest BCUT2D eigenvalue weighted by Crippen LogP contribution is -2.48. The molecule has 3 atom stereocenters. The van der Waals surface area contributed by atoms with E-state index in [0.29, 0.717) is 13.0 Å². The van der Waals surface area contributed by atoms with Crippen molar-refractivity contribution in [2.75, 3.05) is 0 Å². The second-order valence-corrected chi connectivity index (χ2v) is 13.0. The van der Waals surface area contributed by atoms with Gasteiger partial charge in [0.05, 0.1) is 18.8 Å². The molecule has 1 saturated heterocycles. The topological polar surface area (TPSA) is 47.6 Å². The Balaban J connectivity index is 1.89. The molecule has 0 saturated carbocycles. The first-order valence-corrected chi connectivity index (χ1v) is 11.6. The van der Waals surface area contributed by atoms with Crippen LogP contribution in [0.4, 0.5) is 0 Å². The number of rotatable bonds is 6. The van der Waals surface area contributed by atoms with Gasteiger partial charge in [-0.05, 0) is 30.6 Å².